The molecule has 3 saturated heterocycles. The van der Waals surface area contributed by atoms with Gasteiger partial charge in [-0.2, -0.15) is 17.5 Å². The molecule has 4 rings (SSSR count). The molecule has 2 atom stereocenters. The molecular formula is C19H26F3N3O3S. The molecule has 3 aliphatic heterocycles. The molecule has 6 nitrogen and oxygen atoms in total. The maximum absolute atomic E-state index is 12.9. The molecule has 162 valence electrons. The number of pyridine rings is 1. The Labute approximate surface area is 169 Å². The van der Waals surface area contributed by atoms with Gasteiger partial charge >= 0.3 is 6.18 Å². The number of likely N-dealkylation sites (tertiary alicyclic amines) is 1. The molecule has 0 radical (unpaired) electrons. The smallest absolute Gasteiger partial charge is 0.381 e. The van der Waals surface area contributed by atoms with Gasteiger partial charge in [0.2, 0.25) is 10.0 Å². The summed E-state index contributed by atoms with van der Waals surface area (Å²) < 4.78 is 71.0. The van der Waals surface area contributed by atoms with Crippen LogP contribution in [-0.2, 0) is 20.9 Å². The Hall–Kier alpha value is -1.23. The summed E-state index contributed by atoms with van der Waals surface area (Å²) in [6.07, 6.45) is -2.35. The number of aryl methyl sites for hydroxylation is 1. The third-order valence-corrected chi connectivity index (χ3v) is 8.43. The van der Waals surface area contributed by atoms with Gasteiger partial charge in [-0.1, -0.05) is 0 Å². The molecule has 0 saturated carbocycles. The summed E-state index contributed by atoms with van der Waals surface area (Å²) in [5.74, 6) is 0.516. The molecule has 0 N–H and O–H groups in total. The quantitative estimate of drug-likeness (QED) is 0.730. The second-order valence-corrected chi connectivity index (χ2v) is 10.6. The van der Waals surface area contributed by atoms with Gasteiger partial charge in [-0.15, -0.1) is 0 Å². The Morgan fingerprint density at radius 1 is 1.24 bits per heavy atom. The minimum atomic E-state index is -4.59. The minimum absolute atomic E-state index is 0.0376. The predicted molar refractivity (Wildman–Crippen MR) is 99.7 cm³/mol. The summed E-state index contributed by atoms with van der Waals surface area (Å²) in [5, 5.41) is 0. The summed E-state index contributed by atoms with van der Waals surface area (Å²) in [6, 6.07) is 2.16. The van der Waals surface area contributed by atoms with Gasteiger partial charge in [0.15, 0.2) is 0 Å². The second kappa shape index (κ2) is 7.18. The van der Waals surface area contributed by atoms with Crippen molar-refractivity contribution in [2.24, 2.45) is 11.3 Å². The second-order valence-electron chi connectivity index (χ2n) is 8.67. The minimum Gasteiger partial charge on any atom is -0.381 e. The summed E-state index contributed by atoms with van der Waals surface area (Å²) in [7, 11) is -3.84. The van der Waals surface area contributed by atoms with E-state index in [0.29, 0.717) is 25.0 Å². The van der Waals surface area contributed by atoms with Crippen molar-refractivity contribution in [2.75, 3.05) is 39.4 Å². The molecule has 2 unspecified atom stereocenters. The highest BCUT2D eigenvalue weighted by atomic mass is 32.2. The molecule has 0 aromatic carbocycles. The lowest BCUT2D eigenvalue weighted by Crippen LogP contribution is -2.74. The fourth-order valence-corrected chi connectivity index (χ4v) is 6.56. The van der Waals surface area contributed by atoms with E-state index in [1.807, 2.05) is 0 Å². The third-order valence-electron chi connectivity index (χ3n) is 6.50. The molecule has 0 bridgehead atoms. The fourth-order valence-electron chi connectivity index (χ4n) is 4.74. The van der Waals surface area contributed by atoms with Gasteiger partial charge in [-0.25, -0.2) is 13.4 Å². The predicted octanol–water partition coefficient (Wildman–Crippen LogP) is 2.53. The van der Waals surface area contributed by atoms with Crippen LogP contribution >= 0.6 is 0 Å². The van der Waals surface area contributed by atoms with E-state index in [-0.39, 0.29) is 16.0 Å². The largest absolute Gasteiger partial charge is 0.433 e. The highest BCUT2D eigenvalue weighted by molar-refractivity contribution is 7.89. The van der Waals surface area contributed by atoms with Crippen LogP contribution in [0.5, 0.6) is 0 Å². The van der Waals surface area contributed by atoms with Crippen LogP contribution in [0.15, 0.2) is 17.0 Å². The Kier molecular flexibility index (Phi) is 5.20. The average molecular weight is 433 g/mol. The first kappa shape index (κ1) is 21.0. The molecule has 3 fully saturated rings. The van der Waals surface area contributed by atoms with Crippen molar-refractivity contribution in [3.05, 3.63) is 23.5 Å². The third kappa shape index (κ3) is 3.80. The van der Waals surface area contributed by atoms with Gasteiger partial charge < -0.3 is 4.74 Å². The van der Waals surface area contributed by atoms with Crippen molar-refractivity contribution >= 4 is 10.0 Å². The van der Waals surface area contributed by atoms with Crippen molar-refractivity contribution in [3.63, 3.8) is 0 Å². The topological polar surface area (TPSA) is 62.7 Å². The van der Waals surface area contributed by atoms with E-state index in [9.17, 15) is 21.6 Å². The van der Waals surface area contributed by atoms with E-state index in [0.717, 1.165) is 51.3 Å². The average Bonchev–Trinajstić information content (AvgIpc) is 2.58. The molecule has 10 heteroatoms. The Morgan fingerprint density at radius 2 is 1.93 bits per heavy atom. The maximum Gasteiger partial charge on any atom is 0.433 e. The highest BCUT2D eigenvalue weighted by Crippen LogP contribution is 2.44. The number of hydrogen-bond acceptors (Lipinski definition) is 5. The van der Waals surface area contributed by atoms with Gasteiger partial charge in [0.05, 0.1) is 12.3 Å². The van der Waals surface area contributed by atoms with Crippen LogP contribution in [0.4, 0.5) is 13.2 Å². The maximum atomic E-state index is 12.9. The SMILES string of the molecule is Cc1nc(C(F)(F)F)ccc1S(=O)(=O)N1CC2(CN(C(C)C3CCCOC3)C2)C1. The number of hydrogen-bond donors (Lipinski definition) is 0. The molecular weight excluding hydrogens is 407 g/mol. The molecule has 1 spiro atoms. The van der Waals surface area contributed by atoms with Crippen molar-refractivity contribution < 1.29 is 26.3 Å². The number of ether oxygens (including phenoxy) is 1. The Bertz CT molecular complexity index is 870. The van der Waals surface area contributed by atoms with E-state index in [1.54, 1.807) is 0 Å². The zero-order chi connectivity index (χ0) is 21.0. The van der Waals surface area contributed by atoms with E-state index in [2.05, 4.69) is 16.8 Å². The van der Waals surface area contributed by atoms with Crippen LogP contribution in [0.25, 0.3) is 0 Å². The van der Waals surface area contributed by atoms with Crippen LogP contribution < -0.4 is 0 Å². The highest BCUT2D eigenvalue weighted by Gasteiger charge is 2.56. The lowest BCUT2D eigenvalue weighted by atomic mass is 9.72. The zero-order valence-corrected chi connectivity index (χ0v) is 17.4. The van der Waals surface area contributed by atoms with Crippen LogP contribution in [0, 0.1) is 18.3 Å². The lowest BCUT2D eigenvalue weighted by molar-refractivity contribution is -0.141. The van der Waals surface area contributed by atoms with Gasteiger partial charge in [-0.3, -0.25) is 4.90 Å². The zero-order valence-electron chi connectivity index (χ0n) is 16.6. The first-order valence-electron chi connectivity index (χ1n) is 9.89. The van der Waals surface area contributed by atoms with E-state index in [1.165, 1.54) is 11.2 Å². The first-order chi connectivity index (χ1) is 13.5. The van der Waals surface area contributed by atoms with Crippen molar-refractivity contribution in [3.8, 4) is 0 Å². The van der Waals surface area contributed by atoms with Crippen LogP contribution in [-0.4, -0.2) is 68.0 Å². The summed E-state index contributed by atoms with van der Waals surface area (Å²) in [4.78, 5) is 5.69. The summed E-state index contributed by atoms with van der Waals surface area (Å²) in [5.41, 5.74) is -1.24. The van der Waals surface area contributed by atoms with E-state index in [4.69, 9.17) is 4.74 Å². The van der Waals surface area contributed by atoms with Crippen LogP contribution in [0.3, 0.4) is 0 Å². The lowest BCUT2D eigenvalue weighted by Gasteiger charge is -2.61. The first-order valence-corrected chi connectivity index (χ1v) is 11.3. The molecule has 0 amide bonds. The number of sulfonamides is 1. The van der Waals surface area contributed by atoms with Gasteiger partial charge in [0.1, 0.15) is 10.6 Å². The molecule has 3 aliphatic rings. The van der Waals surface area contributed by atoms with Gasteiger partial charge in [0.25, 0.3) is 0 Å². The van der Waals surface area contributed by atoms with Crippen LogP contribution in [0.2, 0.25) is 0 Å². The monoisotopic (exact) mass is 433 g/mol. The van der Waals surface area contributed by atoms with E-state index >= 15 is 0 Å². The standard InChI is InChI=1S/C19H26F3N3O3S/c1-13-16(5-6-17(23-13)19(20,21)22)29(26,27)25-11-18(12-25)9-24(10-18)14(2)15-4-3-7-28-8-15/h5-6,14-15H,3-4,7-12H2,1-2H3. The number of nitrogens with zero attached hydrogens (tertiary/aromatic N) is 3. The molecule has 4 heterocycles. The number of rotatable bonds is 4. The normalized spacial score (nSPS) is 26.7. The Balaban J connectivity index is 1.37. The number of aromatic nitrogens is 1. The van der Waals surface area contributed by atoms with Crippen molar-refractivity contribution in [2.45, 2.75) is 43.8 Å². The molecule has 1 aromatic rings. The summed E-state index contributed by atoms with van der Waals surface area (Å²) in [6.45, 7) is 7.62. The molecule has 0 aliphatic carbocycles. The Morgan fingerprint density at radius 3 is 2.48 bits per heavy atom. The number of halogens is 3. The van der Waals surface area contributed by atoms with Crippen LogP contribution in [0.1, 0.15) is 31.2 Å². The number of alkyl halides is 3. The molecule has 29 heavy (non-hydrogen) atoms. The van der Waals surface area contributed by atoms with Crippen molar-refractivity contribution in [1.29, 1.82) is 0 Å². The summed E-state index contributed by atoms with van der Waals surface area (Å²) >= 11 is 0. The van der Waals surface area contributed by atoms with Gasteiger partial charge in [0, 0.05) is 44.2 Å². The molecule has 1 aromatic heterocycles. The van der Waals surface area contributed by atoms with Gasteiger partial charge in [-0.05, 0) is 44.7 Å². The van der Waals surface area contributed by atoms with Crippen molar-refractivity contribution in [1.82, 2.24) is 14.2 Å². The fraction of sp³-hybridized carbons (Fsp3) is 0.737. The van der Waals surface area contributed by atoms with E-state index < -0.39 is 21.9 Å².